The Morgan fingerprint density at radius 1 is 1.12 bits per heavy atom. The van der Waals surface area contributed by atoms with Gasteiger partial charge in [0.25, 0.3) is 0 Å². The highest BCUT2D eigenvalue weighted by Crippen LogP contribution is 2.42. The normalized spacial score (nSPS) is 12.8. The molecule has 0 amide bonds. The molecule has 5 nitrogen and oxygen atoms in total. The number of benzene rings is 1. The zero-order valence-electron chi connectivity index (χ0n) is 12.5. The van der Waals surface area contributed by atoms with Gasteiger partial charge in [0.05, 0.1) is 30.3 Å². The molecule has 0 heterocycles. The summed E-state index contributed by atoms with van der Waals surface area (Å²) in [6.45, 7) is 0. The van der Waals surface area contributed by atoms with Crippen LogP contribution in [0.2, 0.25) is 0 Å². The highest BCUT2D eigenvalue weighted by atomic mass is 19.4. The summed E-state index contributed by atoms with van der Waals surface area (Å²) in [6, 6.07) is 0.574. The molecule has 0 radical (unpaired) electrons. The monoisotopic (exact) mass is 371 g/mol. The average molecular weight is 371 g/mol. The van der Waals surface area contributed by atoms with Crippen molar-refractivity contribution in [3.05, 3.63) is 34.4 Å². The van der Waals surface area contributed by atoms with Crippen LogP contribution in [0, 0.1) is 0 Å². The number of hydrogen-bond donors (Lipinski definition) is 2. The summed E-state index contributed by atoms with van der Waals surface area (Å²) in [4.78, 5) is 22.2. The van der Waals surface area contributed by atoms with Gasteiger partial charge in [0.15, 0.2) is 0 Å². The van der Waals surface area contributed by atoms with Crippen LogP contribution in [0.4, 0.5) is 32.0 Å². The van der Waals surface area contributed by atoms with Gasteiger partial charge >= 0.3 is 24.3 Å². The molecule has 0 spiro atoms. The van der Waals surface area contributed by atoms with E-state index in [1.807, 2.05) is 0 Å². The Balaban J connectivity index is 3.66. The first kappa shape index (κ1) is 20.3. The summed E-state index contributed by atoms with van der Waals surface area (Å²) in [5.41, 5.74) is -1.39. The van der Waals surface area contributed by atoms with Crippen LogP contribution >= 0.6 is 0 Å². The quantitative estimate of drug-likeness (QED) is 0.367. The van der Waals surface area contributed by atoms with Crippen molar-refractivity contribution in [2.45, 2.75) is 18.8 Å². The Morgan fingerprint density at radius 3 is 1.88 bits per heavy atom. The second-order valence-electron chi connectivity index (χ2n) is 4.76. The molecule has 138 valence electrons. The number of hydrogen-bond acceptors (Lipinski definition) is 4. The SMILES string of the molecule is COC(=O)C(=Cc1cc(C(F)(F)F)c(N)c(C(F)(F)F)c1)CC(=O)O. The number of carbonyl (C=O) groups excluding carboxylic acids is 1. The van der Waals surface area contributed by atoms with Gasteiger partial charge in [-0.15, -0.1) is 0 Å². The minimum absolute atomic E-state index is 0.287. The Morgan fingerprint density at radius 2 is 1.56 bits per heavy atom. The second-order valence-corrected chi connectivity index (χ2v) is 4.76. The van der Waals surface area contributed by atoms with Crippen LogP contribution in [0.25, 0.3) is 6.08 Å². The molecule has 0 atom stereocenters. The van der Waals surface area contributed by atoms with E-state index in [2.05, 4.69) is 4.74 Å². The van der Waals surface area contributed by atoms with Crippen molar-refractivity contribution in [2.75, 3.05) is 12.8 Å². The maximum absolute atomic E-state index is 12.9. The van der Waals surface area contributed by atoms with Gasteiger partial charge in [-0.3, -0.25) is 4.79 Å². The number of carboxylic acid groups (broad SMARTS) is 1. The largest absolute Gasteiger partial charge is 0.481 e. The summed E-state index contributed by atoms with van der Waals surface area (Å²) in [6.07, 6.45) is -10.8. The van der Waals surface area contributed by atoms with Gasteiger partial charge in [0, 0.05) is 5.57 Å². The van der Waals surface area contributed by atoms with E-state index in [0.717, 1.165) is 7.11 Å². The van der Waals surface area contributed by atoms with Crippen molar-refractivity contribution in [1.82, 2.24) is 0 Å². The standard InChI is InChI=1S/C14H11F6NO4/c1-25-12(24)7(5-10(22)23)2-6-3-8(13(15,16)17)11(21)9(4-6)14(18,19)20/h2-4H,5,21H2,1H3,(H,22,23). The molecule has 25 heavy (non-hydrogen) atoms. The lowest BCUT2D eigenvalue weighted by Gasteiger charge is -2.17. The topological polar surface area (TPSA) is 89.6 Å². The van der Waals surface area contributed by atoms with Crippen molar-refractivity contribution in [3.63, 3.8) is 0 Å². The van der Waals surface area contributed by atoms with Crippen LogP contribution in [0.3, 0.4) is 0 Å². The molecule has 0 aliphatic rings. The number of esters is 1. The highest BCUT2D eigenvalue weighted by Gasteiger charge is 2.40. The molecule has 0 saturated carbocycles. The van der Waals surface area contributed by atoms with Gasteiger partial charge in [-0.2, -0.15) is 26.3 Å². The van der Waals surface area contributed by atoms with E-state index in [1.165, 1.54) is 0 Å². The second kappa shape index (κ2) is 7.03. The molecular formula is C14H11F6NO4. The van der Waals surface area contributed by atoms with Crippen molar-refractivity contribution in [1.29, 1.82) is 0 Å². The fraction of sp³-hybridized carbons (Fsp3) is 0.286. The Kier molecular flexibility index (Phi) is 5.72. The lowest BCUT2D eigenvalue weighted by atomic mass is 9.99. The van der Waals surface area contributed by atoms with Gasteiger partial charge in [-0.25, -0.2) is 4.79 Å². The van der Waals surface area contributed by atoms with Crippen LogP contribution in [-0.2, 0) is 26.7 Å². The molecule has 1 aromatic rings. The number of carbonyl (C=O) groups is 2. The summed E-state index contributed by atoms with van der Waals surface area (Å²) < 4.78 is 81.8. The number of anilines is 1. The fourth-order valence-electron chi connectivity index (χ4n) is 1.91. The van der Waals surface area contributed by atoms with Gasteiger partial charge < -0.3 is 15.6 Å². The predicted octanol–water partition coefficient (Wildman–Crippen LogP) is 3.34. The molecule has 0 fully saturated rings. The third kappa shape index (κ3) is 5.13. The van der Waals surface area contributed by atoms with E-state index >= 15 is 0 Å². The zero-order valence-corrected chi connectivity index (χ0v) is 12.5. The highest BCUT2D eigenvalue weighted by molar-refractivity contribution is 5.98. The van der Waals surface area contributed by atoms with Crippen molar-refractivity contribution in [2.24, 2.45) is 0 Å². The zero-order chi connectivity index (χ0) is 19.6. The van der Waals surface area contributed by atoms with Gasteiger partial charge in [0.1, 0.15) is 0 Å². The molecular weight excluding hydrogens is 360 g/mol. The van der Waals surface area contributed by atoms with Crippen molar-refractivity contribution in [3.8, 4) is 0 Å². The van der Waals surface area contributed by atoms with Gasteiger partial charge in [-0.1, -0.05) is 0 Å². The van der Waals surface area contributed by atoms with E-state index < -0.39 is 58.7 Å². The molecule has 1 aromatic carbocycles. The van der Waals surface area contributed by atoms with Crippen LogP contribution < -0.4 is 5.73 Å². The minimum Gasteiger partial charge on any atom is -0.481 e. The fourth-order valence-corrected chi connectivity index (χ4v) is 1.91. The predicted molar refractivity (Wildman–Crippen MR) is 73.1 cm³/mol. The number of aliphatic carboxylic acids is 1. The Hall–Kier alpha value is -2.72. The molecule has 1 rings (SSSR count). The first-order chi connectivity index (χ1) is 11.3. The van der Waals surface area contributed by atoms with E-state index in [9.17, 15) is 35.9 Å². The molecule has 3 N–H and O–H groups in total. The van der Waals surface area contributed by atoms with E-state index in [0.29, 0.717) is 6.08 Å². The number of halogens is 6. The number of ether oxygens (including phenoxy) is 1. The molecule has 0 bridgehead atoms. The maximum atomic E-state index is 12.9. The van der Waals surface area contributed by atoms with Crippen molar-refractivity contribution >= 4 is 23.7 Å². The average Bonchev–Trinajstić information content (AvgIpc) is 2.44. The maximum Gasteiger partial charge on any atom is 0.418 e. The van der Waals surface area contributed by atoms with E-state index in [1.54, 1.807) is 0 Å². The first-order valence-electron chi connectivity index (χ1n) is 6.36. The summed E-state index contributed by atoms with van der Waals surface area (Å²) in [7, 11) is 0.878. The molecule has 0 unspecified atom stereocenters. The number of nitrogen functional groups attached to an aromatic ring is 1. The lowest BCUT2D eigenvalue weighted by Crippen LogP contribution is -2.16. The Labute approximate surface area is 136 Å². The summed E-state index contributed by atoms with van der Waals surface area (Å²) in [5, 5.41) is 8.69. The number of carboxylic acids is 1. The summed E-state index contributed by atoms with van der Waals surface area (Å²) >= 11 is 0. The Bertz CT molecular complexity index is 686. The lowest BCUT2D eigenvalue weighted by molar-refractivity contribution is -0.142. The third-order valence-electron chi connectivity index (χ3n) is 2.94. The smallest absolute Gasteiger partial charge is 0.418 e. The molecule has 0 aliphatic carbocycles. The van der Waals surface area contributed by atoms with Crippen LogP contribution in [0.5, 0.6) is 0 Å². The third-order valence-corrected chi connectivity index (χ3v) is 2.94. The van der Waals surface area contributed by atoms with Crippen LogP contribution in [0.15, 0.2) is 17.7 Å². The number of methoxy groups -OCH3 is 1. The molecule has 0 aliphatic heterocycles. The first-order valence-corrected chi connectivity index (χ1v) is 6.36. The number of alkyl halides is 6. The van der Waals surface area contributed by atoms with E-state index in [-0.39, 0.29) is 12.1 Å². The van der Waals surface area contributed by atoms with Gasteiger partial charge in [0.2, 0.25) is 0 Å². The summed E-state index contributed by atoms with van der Waals surface area (Å²) in [5.74, 6) is -2.74. The van der Waals surface area contributed by atoms with Crippen LogP contribution in [0.1, 0.15) is 23.1 Å². The molecule has 11 heteroatoms. The van der Waals surface area contributed by atoms with Crippen molar-refractivity contribution < 1.29 is 45.8 Å². The minimum atomic E-state index is -5.19. The van der Waals surface area contributed by atoms with E-state index in [4.69, 9.17) is 10.8 Å². The molecule has 0 saturated heterocycles. The number of nitrogens with two attached hydrogens (primary N) is 1. The number of rotatable bonds is 4. The van der Waals surface area contributed by atoms with Gasteiger partial charge in [-0.05, 0) is 23.8 Å². The van der Waals surface area contributed by atoms with Crippen LogP contribution in [-0.4, -0.2) is 24.2 Å². The molecule has 0 aromatic heterocycles.